The van der Waals surface area contributed by atoms with Gasteiger partial charge in [0, 0.05) is 39.0 Å². The second-order valence-electron chi connectivity index (χ2n) is 6.63. The van der Waals surface area contributed by atoms with Gasteiger partial charge in [-0.2, -0.15) is 4.98 Å². The molecular weight excluding hydrogens is 362 g/mol. The molecule has 0 aliphatic carbocycles. The number of rotatable bonds is 5. The lowest BCUT2D eigenvalue weighted by Gasteiger charge is -2.09. The minimum atomic E-state index is -0.421. The maximum absolute atomic E-state index is 12.8. The van der Waals surface area contributed by atoms with E-state index in [0.717, 1.165) is 21.6 Å². The van der Waals surface area contributed by atoms with Crippen LogP contribution in [0.1, 0.15) is 6.42 Å². The van der Waals surface area contributed by atoms with Gasteiger partial charge in [0.25, 0.3) is 5.56 Å². The largest absolute Gasteiger partial charge is 0.497 e. The highest BCUT2D eigenvalue weighted by Gasteiger charge is 2.20. The second-order valence-corrected chi connectivity index (χ2v) is 6.63. The van der Waals surface area contributed by atoms with Crippen molar-refractivity contribution in [2.24, 2.45) is 14.1 Å². The van der Waals surface area contributed by atoms with Crippen LogP contribution in [0.15, 0.2) is 40.1 Å². The van der Waals surface area contributed by atoms with Gasteiger partial charge in [0.15, 0.2) is 11.2 Å². The predicted octanol–water partition coefficient (Wildman–Crippen LogP) is 0.744. The van der Waals surface area contributed by atoms with Crippen LogP contribution in [0.3, 0.4) is 0 Å². The van der Waals surface area contributed by atoms with E-state index in [2.05, 4.69) is 4.98 Å². The zero-order valence-electron chi connectivity index (χ0n) is 15.9. The second kappa shape index (κ2) is 6.68. The fourth-order valence-electron chi connectivity index (χ4n) is 3.46. The molecule has 146 valence electrons. The number of fused-ring (bicyclic) bond motifs is 3. The Morgan fingerprint density at radius 2 is 1.82 bits per heavy atom. The Balaban J connectivity index is 2.05. The molecule has 0 aliphatic rings. The normalized spacial score (nSPS) is 11.6. The third kappa shape index (κ3) is 2.55. The summed E-state index contributed by atoms with van der Waals surface area (Å²) in [7, 11) is 4.66. The predicted molar refractivity (Wildman–Crippen MR) is 105 cm³/mol. The fourth-order valence-corrected chi connectivity index (χ4v) is 3.46. The zero-order chi connectivity index (χ0) is 20.0. The highest BCUT2D eigenvalue weighted by molar-refractivity contribution is 5.78. The molecular formula is C19H21N5O4. The Labute approximate surface area is 159 Å². The smallest absolute Gasteiger partial charge is 0.332 e. The topological polar surface area (TPSA) is 95.7 Å². The van der Waals surface area contributed by atoms with Crippen LogP contribution >= 0.6 is 0 Å². The van der Waals surface area contributed by atoms with E-state index in [9.17, 15) is 14.7 Å². The highest BCUT2D eigenvalue weighted by atomic mass is 16.5. The van der Waals surface area contributed by atoms with Crippen LogP contribution in [0.2, 0.25) is 0 Å². The Morgan fingerprint density at radius 3 is 2.46 bits per heavy atom. The van der Waals surface area contributed by atoms with Gasteiger partial charge in [-0.3, -0.25) is 18.3 Å². The standard InChI is InChI=1S/C19H21N5O4/c1-21-16-15(17(26)22(2)19(21)27)24-11-14(12-5-7-13(28-3)8-6-12)23(9-4-10-25)18(24)20-16/h5-8,11,25H,4,9-10H2,1-3H3. The third-order valence-electron chi connectivity index (χ3n) is 4.98. The van der Waals surface area contributed by atoms with Gasteiger partial charge in [-0.25, -0.2) is 4.79 Å². The van der Waals surface area contributed by atoms with E-state index in [1.807, 2.05) is 35.0 Å². The monoisotopic (exact) mass is 383 g/mol. The molecule has 4 aromatic rings. The third-order valence-corrected chi connectivity index (χ3v) is 4.98. The summed E-state index contributed by atoms with van der Waals surface area (Å²) in [5.74, 6) is 1.30. The van der Waals surface area contributed by atoms with Crippen LogP contribution in [-0.4, -0.2) is 41.9 Å². The molecule has 0 atom stereocenters. The van der Waals surface area contributed by atoms with E-state index >= 15 is 0 Å². The molecule has 1 N–H and O–H groups in total. The number of aryl methyl sites for hydroxylation is 2. The maximum Gasteiger partial charge on any atom is 0.332 e. The van der Waals surface area contributed by atoms with Crippen molar-refractivity contribution in [1.29, 1.82) is 0 Å². The van der Waals surface area contributed by atoms with Crippen molar-refractivity contribution >= 4 is 16.9 Å². The quantitative estimate of drug-likeness (QED) is 0.549. The average molecular weight is 383 g/mol. The number of benzene rings is 1. The van der Waals surface area contributed by atoms with Gasteiger partial charge in [0.2, 0.25) is 5.78 Å². The molecule has 0 spiro atoms. The number of aliphatic hydroxyl groups is 1. The van der Waals surface area contributed by atoms with Crippen LogP contribution in [0, 0.1) is 0 Å². The summed E-state index contributed by atoms with van der Waals surface area (Å²) in [6.45, 7) is 0.554. The number of aromatic nitrogens is 5. The number of nitrogens with zero attached hydrogens (tertiary/aromatic N) is 5. The number of hydrogen-bond acceptors (Lipinski definition) is 5. The molecule has 0 saturated carbocycles. The van der Waals surface area contributed by atoms with E-state index in [1.54, 1.807) is 18.6 Å². The van der Waals surface area contributed by atoms with E-state index in [0.29, 0.717) is 29.9 Å². The molecule has 28 heavy (non-hydrogen) atoms. The number of methoxy groups -OCH3 is 1. The molecule has 0 fully saturated rings. The molecule has 3 aromatic heterocycles. The van der Waals surface area contributed by atoms with Crippen molar-refractivity contribution in [3.8, 4) is 17.0 Å². The Morgan fingerprint density at radius 1 is 1.11 bits per heavy atom. The summed E-state index contributed by atoms with van der Waals surface area (Å²) in [6.07, 6.45) is 2.38. The van der Waals surface area contributed by atoms with Gasteiger partial charge < -0.3 is 14.4 Å². The van der Waals surface area contributed by atoms with Crippen LogP contribution in [0.25, 0.3) is 28.2 Å². The van der Waals surface area contributed by atoms with Crippen molar-refractivity contribution in [3.05, 3.63) is 51.3 Å². The van der Waals surface area contributed by atoms with Crippen LogP contribution in [0.4, 0.5) is 0 Å². The van der Waals surface area contributed by atoms with Gasteiger partial charge >= 0.3 is 5.69 Å². The van der Waals surface area contributed by atoms with Crippen molar-refractivity contribution < 1.29 is 9.84 Å². The van der Waals surface area contributed by atoms with Gasteiger partial charge in [0.1, 0.15) is 5.75 Å². The Bertz CT molecular complexity index is 1290. The maximum atomic E-state index is 12.8. The lowest BCUT2D eigenvalue weighted by atomic mass is 10.1. The first-order chi connectivity index (χ1) is 13.5. The van der Waals surface area contributed by atoms with Crippen molar-refractivity contribution in [2.45, 2.75) is 13.0 Å². The molecule has 0 unspecified atom stereocenters. The number of imidazole rings is 2. The minimum absolute atomic E-state index is 0.0346. The summed E-state index contributed by atoms with van der Waals surface area (Å²) in [4.78, 5) is 29.6. The molecule has 4 rings (SSSR count). The first kappa shape index (κ1) is 18.1. The van der Waals surface area contributed by atoms with Gasteiger partial charge in [0.05, 0.1) is 12.8 Å². The van der Waals surface area contributed by atoms with E-state index in [4.69, 9.17) is 4.74 Å². The minimum Gasteiger partial charge on any atom is -0.497 e. The van der Waals surface area contributed by atoms with Crippen LogP contribution < -0.4 is 16.0 Å². The first-order valence-corrected chi connectivity index (χ1v) is 8.90. The molecule has 0 amide bonds. The highest BCUT2D eigenvalue weighted by Crippen LogP contribution is 2.27. The molecule has 9 nitrogen and oxygen atoms in total. The van der Waals surface area contributed by atoms with Crippen molar-refractivity contribution in [2.75, 3.05) is 13.7 Å². The lowest BCUT2D eigenvalue weighted by Crippen LogP contribution is -2.37. The molecule has 9 heteroatoms. The molecule has 0 radical (unpaired) electrons. The molecule has 0 saturated heterocycles. The molecule has 1 aromatic carbocycles. The van der Waals surface area contributed by atoms with Crippen molar-refractivity contribution in [3.63, 3.8) is 0 Å². The summed E-state index contributed by atoms with van der Waals surface area (Å²) < 4.78 is 11.3. The van der Waals surface area contributed by atoms with E-state index < -0.39 is 11.2 Å². The Hall–Kier alpha value is -3.33. The van der Waals surface area contributed by atoms with E-state index in [1.165, 1.54) is 11.6 Å². The van der Waals surface area contributed by atoms with Gasteiger partial charge in [-0.1, -0.05) is 0 Å². The SMILES string of the molecule is COc1ccc(-c2cn3c4c(=O)n(C)c(=O)n(C)c4nc3n2CCCO)cc1. The fraction of sp³-hybridized carbons (Fsp3) is 0.316. The zero-order valence-corrected chi connectivity index (χ0v) is 15.9. The summed E-state index contributed by atoms with van der Waals surface area (Å²) in [6, 6.07) is 7.59. The molecule has 3 heterocycles. The Kier molecular flexibility index (Phi) is 4.31. The molecule has 0 aliphatic heterocycles. The first-order valence-electron chi connectivity index (χ1n) is 8.90. The van der Waals surface area contributed by atoms with Crippen molar-refractivity contribution in [1.82, 2.24) is 23.1 Å². The number of hydrogen-bond donors (Lipinski definition) is 1. The number of aliphatic hydroxyl groups excluding tert-OH is 1. The summed E-state index contributed by atoms with van der Waals surface area (Å²) >= 11 is 0. The van der Waals surface area contributed by atoms with Crippen LogP contribution in [0.5, 0.6) is 5.75 Å². The van der Waals surface area contributed by atoms with Gasteiger partial charge in [-0.05, 0) is 30.7 Å². The average Bonchev–Trinajstić information content (AvgIpc) is 3.25. The summed E-state index contributed by atoms with van der Waals surface area (Å²) in [5.41, 5.74) is 1.65. The summed E-state index contributed by atoms with van der Waals surface area (Å²) in [5, 5.41) is 9.31. The number of ether oxygens (including phenoxy) is 1. The molecule has 0 bridgehead atoms. The van der Waals surface area contributed by atoms with E-state index in [-0.39, 0.29) is 6.61 Å². The van der Waals surface area contributed by atoms with Crippen LogP contribution in [-0.2, 0) is 20.6 Å². The lowest BCUT2D eigenvalue weighted by molar-refractivity contribution is 0.280. The van der Waals surface area contributed by atoms with Gasteiger partial charge in [-0.15, -0.1) is 0 Å².